The molecule has 0 aliphatic rings. The molecule has 0 bridgehead atoms. The van der Waals surface area contributed by atoms with Crippen molar-refractivity contribution in [3.63, 3.8) is 0 Å². The van der Waals surface area contributed by atoms with Crippen LogP contribution in [0, 0.1) is 0 Å². The molecule has 0 saturated heterocycles. The molecule has 0 radical (unpaired) electrons. The van der Waals surface area contributed by atoms with E-state index in [1.54, 1.807) is 0 Å². The number of aryl methyl sites for hydroxylation is 1. The van der Waals surface area contributed by atoms with E-state index in [0.717, 1.165) is 32.1 Å². The number of aliphatic hydroxyl groups is 1. The molecule has 0 fully saturated rings. The van der Waals surface area contributed by atoms with Gasteiger partial charge in [-0.3, -0.25) is 4.79 Å². The fraction of sp³-hybridized carbons (Fsp3) is 0.389. The number of hydrogen-bond donors (Lipinski definition) is 2. The number of primary amides is 1. The highest BCUT2D eigenvalue weighted by Gasteiger charge is 2.09. The van der Waals surface area contributed by atoms with E-state index in [2.05, 4.69) is 42.5 Å². The molecule has 3 heteroatoms. The maximum Gasteiger partial charge on any atom is 0.246 e. The van der Waals surface area contributed by atoms with E-state index in [9.17, 15) is 9.90 Å². The lowest BCUT2D eigenvalue weighted by atomic mass is 10.0. The largest absolute Gasteiger partial charge is 0.383 e. The van der Waals surface area contributed by atoms with Crippen LogP contribution < -0.4 is 5.73 Å². The van der Waals surface area contributed by atoms with Crippen molar-refractivity contribution in [1.29, 1.82) is 0 Å². The summed E-state index contributed by atoms with van der Waals surface area (Å²) in [6.07, 6.45) is 4.68. The molecule has 1 amide bonds. The van der Waals surface area contributed by atoms with Gasteiger partial charge in [-0.1, -0.05) is 61.7 Å². The van der Waals surface area contributed by atoms with Crippen molar-refractivity contribution in [3.05, 3.63) is 48.0 Å². The van der Waals surface area contributed by atoms with Crippen molar-refractivity contribution >= 4 is 16.7 Å². The Morgan fingerprint density at radius 3 is 2.48 bits per heavy atom. The minimum atomic E-state index is -0.981. The van der Waals surface area contributed by atoms with Crippen LogP contribution >= 0.6 is 0 Å². The van der Waals surface area contributed by atoms with E-state index in [-0.39, 0.29) is 0 Å². The molecule has 3 N–H and O–H groups in total. The SMILES string of the molecule is NC(=O)C(O)CCCCCCc1ccc2ccccc2c1. The minimum absolute atomic E-state index is 0.477. The minimum Gasteiger partial charge on any atom is -0.383 e. The Labute approximate surface area is 125 Å². The van der Waals surface area contributed by atoms with E-state index >= 15 is 0 Å². The second kappa shape index (κ2) is 7.79. The number of unbranched alkanes of at least 4 members (excludes halogenated alkanes) is 3. The summed E-state index contributed by atoms with van der Waals surface area (Å²) in [6.45, 7) is 0. The highest BCUT2D eigenvalue weighted by molar-refractivity contribution is 5.83. The van der Waals surface area contributed by atoms with Gasteiger partial charge in [-0.15, -0.1) is 0 Å². The molecule has 2 rings (SSSR count). The van der Waals surface area contributed by atoms with Crippen LogP contribution in [0.25, 0.3) is 10.8 Å². The van der Waals surface area contributed by atoms with Gasteiger partial charge in [-0.25, -0.2) is 0 Å². The standard InChI is InChI=1S/C18H23NO2/c19-18(21)17(20)10-4-2-1-3-7-14-11-12-15-8-5-6-9-16(15)13-14/h5-6,8-9,11-13,17,20H,1-4,7,10H2,(H2,19,21). The summed E-state index contributed by atoms with van der Waals surface area (Å²) in [5.41, 5.74) is 6.38. The molecule has 2 aromatic rings. The molecule has 1 unspecified atom stereocenters. The molecule has 0 saturated carbocycles. The van der Waals surface area contributed by atoms with Gasteiger partial charge in [0.1, 0.15) is 6.10 Å². The Morgan fingerprint density at radius 2 is 1.71 bits per heavy atom. The summed E-state index contributed by atoms with van der Waals surface area (Å²) < 4.78 is 0. The van der Waals surface area contributed by atoms with Gasteiger partial charge in [0.05, 0.1) is 0 Å². The number of carbonyl (C=O) groups excluding carboxylic acids is 1. The summed E-state index contributed by atoms with van der Waals surface area (Å²) in [7, 11) is 0. The zero-order chi connectivity index (χ0) is 15.1. The Hall–Kier alpha value is -1.87. The predicted molar refractivity (Wildman–Crippen MR) is 85.9 cm³/mol. The number of amides is 1. The number of rotatable bonds is 8. The quantitative estimate of drug-likeness (QED) is 0.732. The fourth-order valence-electron chi connectivity index (χ4n) is 2.56. The van der Waals surface area contributed by atoms with Crippen LogP contribution in [0.15, 0.2) is 42.5 Å². The van der Waals surface area contributed by atoms with Gasteiger partial charge in [-0.05, 0) is 35.6 Å². The lowest BCUT2D eigenvalue weighted by molar-refractivity contribution is -0.126. The highest BCUT2D eigenvalue weighted by atomic mass is 16.3. The third-order valence-corrected chi connectivity index (χ3v) is 3.84. The molecule has 21 heavy (non-hydrogen) atoms. The first-order valence-corrected chi connectivity index (χ1v) is 7.62. The van der Waals surface area contributed by atoms with E-state index < -0.39 is 12.0 Å². The fourth-order valence-corrected chi connectivity index (χ4v) is 2.56. The van der Waals surface area contributed by atoms with Gasteiger partial charge in [0.25, 0.3) is 0 Å². The van der Waals surface area contributed by atoms with Crippen molar-refractivity contribution in [2.75, 3.05) is 0 Å². The first kappa shape index (κ1) is 15.5. The van der Waals surface area contributed by atoms with Crippen molar-refractivity contribution in [2.45, 2.75) is 44.6 Å². The number of aliphatic hydroxyl groups excluding tert-OH is 1. The van der Waals surface area contributed by atoms with Crippen LogP contribution in [0.2, 0.25) is 0 Å². The summed E-state index contributed by atoms with van der Waals surface area (Å²) >= 11 is 0. The maximum absolute atomic E-state index is 10.7. The number of hydrogen-bond acceptors (Lipinski definition) is 2. The molecule has 112 valence electrons. The van der Waals surface area contributed by atoms with E-state index in [0.29, 0.717) is 6.42 Å². The summed E-state index contributed by atoms with van der Waals surface area (Å²) in [5, 5.41) is 11.9. The third-order valence-electron chi connectivity index (χ3n) is 3.84. The molecule has 0 aliphatic carbocycles. The van der Waals surface area contributed by atoms with Gasteiger partial charge in [0, 0.05) is 0 Å². The molecule has 1 atom stereocenters. The van der Waals surface area contributed by atoms with Crippen molar-refractivity contribution < 1.29 is 9.90 Å². The van der Waals surface area contributed by atoms with E-state index in [1.165, 1.54) is 16.3 Å². The summed E-state index contributed by atoms with van der Waals surface area (Å²) in [6, 6.07) is 15.0. The maximum atomic E-state index is 10.7. The van der Waals surface area contributed by atoms with Gasteiger partial charge in [-0.2, -0.15) is 0 Å². The van der Waals surface area contributed by atoms with Gasteiger partial charge >= 0.3 is 0 Å². The average molecular weight is 285 g/mol. The molecule has 2 aromatic carbocycles. The van der Waals surface area contributed by atoms with Gasteiger partial charge < -0.3 is 10.8 Å². The topological polar surface area (TPSA) is 63.3 Å². The third kappa shape index (κ3) is 4.87. The Morgan fingerprint density at radius 1 is 1.00 bits per heavy atom. The number of nitrogens with two attached hydrogens (primary N) is 1. The summed E-state index contributed by atoms with van der Waals surface area (Å²) in [5.74, 6) is -0.619. The van der Waals surface area contributed by atoms with E-state index in [1.807, 2.05) is 0 Å². The van der Waals surface area contributed by atoms with Crippen molar-refractivity contribution in [3.8, 4) is 0 Å². The zero-order valence-electron chi connectivity index (χ0n) is 12.3. The number of benzene rings is 2. The monoisotopic (exact) mass is 285 g/mol. The molecule has 0 aliphatic heterocycles. The first-order chi connectivity index (χ1) is 10.2. The first-order valence-electron chi connectivity index (χ1n) is 7.62. The predicted octanol–water partition coefficient (Wildman–Crippen LogP) is 3.18. The van der Waals surface area contributed by atoms with Crippen molar-refractivity contribution in [2.24, 2.45) is 5.73 Å². The Kier molecular flexibility index (Phi) is 5.76. The van der Waals surface area contributed by atoms with Crippen LogP contribution in [0.5, 0.6) is 0 Å². The van der Waals surface area contributed by atoms with Crippen molar-refractivity contribution in [1.82, 2.24) is 0 Å². The van der Waals surface area contributed by atoms with Crippen LogP contribution in [0.4, 0.5) is 0 Å². The van der Waals surface area contributed by atoms with Crippen LogP contribution in [0.3, 0.4) is 0 Å². The second-order valence-corrected chi connectivity index (χ2v) is 5.55. The van der Waals surface area contributed by atoms with E-state index in [4.69, 9.17) is 5.73 Å². The highest BCUT2D eigenvalue weighted by Crippen LogP contribution is 2.17. The molecule has 0 aromatic heterocycles. The number of carbonyl (C=O) groups is 1. The van der Waals surface area contributed by atoms with Crippen LogP contribution in [-0.4, -0.2) is 17.1 Å². The van der Waals surface area contributed by atoms with Crippen LogP contribution in [0.1, 0.15) is 37.7 Å². The Bertz CT molecular complexity index is 595. The molecular formula is C18H23NO2. The Balaban J connectivity index is 1.69. The molecular weight excluding hydrogens is 262 g/mol. The molecule has 3 nitrogen and oxygen atoms in total. The lowest BCUT2D eigenvalue weighted by Gasteiger charge is -2.06. The molecule has 0 spiro atoms. The average Bonchev–Trinajstić information content (AvgIpc) is 2.50. The van der Waals surface area contributed by atoms with Gasteiger partial charge in [0.15, 0.2) is 0 Å². The number of fused-ring (bicyclic) bond motifs is 1. The normalized spacial score (nSPS) is 12.4. The van der Waals surface area contributed by atoms with Crippen LogP contribution in [-0.2, 0) is 11.2 Å². The van der Waals surface area contributed by atoms with Gasteiger partial charge in [0.2, 0.25) is 5.91 Å². The lowest BCUT2D eigenvalue weighted by Crippen LogP contribution is -2.27. The second-order valence-electron chi connectivity index (χ2n) is 5.55. The molecule has 0 heterocycles. The smallest absolute Gasteiger partial charge is 0.246 e. The summed E-state index contributed by atoms with van der Waals surface area (Å²) in [4.78, 5) is 10.7. The zero-order valence-corrected chi connectivity index (χ0v) is 12.3.